The molecule has 3 aliphatic rings. The van der Waals surface area contributed by atoms with Gasteiger partial charge >= 0.3 is 5.97 Å². The van der Waals surface area contributed by atoms with E-state index < -0.39 is 0 Å². The maximum absolute atomic E-state index is 11.9. The summed E-state index contributed by atoms with van der Waals surface area (Å²) < 4.78 is 22.4. The number of ether oxygens (including phenoxy) is 4. The van der Waals surface area contributed by atoms with Crippen LogP contribution >= 0.6 is 0 Å². The van der Waals surface area contributed by atoms with Gasteiger partial charge in [-0.2, -0.15) is 0 Å². The Labute approximate surface area is 183 Å². The molecule has 0 heterocycles. The topological polar surface area (TPSA) is 54.0 Å². The second-order valence-electron chi connectivity index (χ2n) is 9.53. The van der Waals surface area contributed by atoms with Gasteiger partial charge in [-0.25, -0.2) is 0 Å². The predicted octanol–water partition coefficient (Wildman–Crippen LogP) is 5.30. The number of hydrogen-bond acceptors (Lipinski definition) is 5. The molecule has 3 fully saturated rings. The fourth-order valence-electron chi connectivity index (χ4n) is 5.59. The minimum absolute atomic E-state index is 0.0422. The normalized spacial score (nSPS) is 26.5. The van der Waals surface area contributed by atoms with Gasteiger partial charge in [-0.1, -0.05) is 51.4 Å². The lowest BCUT2D eigenvalue weighted by Gasteiger charge is -2.35. The van der Waals surface area contributed by atoms with Crippen molar-refractivity contribution in [1.82, 2.24) is 0 Å². The summed E-state index contributed by atoms with van der Waals surface area (Å²) in [5.41, 5.74) is 0. The highest BCUT2D eigenvalue weighted by molar-refractivity contribution is 5.72. The molecule has 0 spiro atoms. The van der Waals surface area contributed by atoms with Crippen LogP contribution in [0.1, 0.15) is 89.9 Å². The van der Waals surface area contributed by atoms with E-state index in [1.165, 1.54) is 64.2 Å². The molecule has 3 saturated carbocycles. The van der Waals surface area contributed by atoms with Crippen LogP contribution < -0.4 is 0 Å². The van der Waals surface area contributed by atoms with Gasteiger partial charge in [-0.15, -0.1) is 0 Å². The van der Waals surface area contributed by atoms with Crippen molar-refractivity contribution in [3.8, 4) is 0 Å². The molecule has 5 heteroatoms. The van der Waals surface area contributed by atoms with Gasteiger partial charge in [0, 0.05) is 0 Å². The molecule has 0 aromatic rings. The summed E-state index contributed by atoms with van der Waals surface area (Å²) in [5.74, 6) is 2.03. The molecule has 0 aliphatic heterocycles. The fourth-order valence-corrected chi connectivity index (χ4v) is 5.59. The van der Waals surface area contributed by atoms with E-state index in [1.54, 1.807) is 0 Å². The molecule has 0 saturated heterocycles. The Morgan fingerprint density at radius 1 is 0.567 bits per heavy atom. The molecule has 3 rings (SSSR count). The Bertz CT molecular complexity index is 448. The fraction of sp³-hybridized carbons (Fsp3) is 0.960. The first-order valence-electron chi connectivity index (χ1n) is 12.8. The lowest BCUT2D eigenvalue weighted by Crippen LogP contribution is -2.28. The molecule has 0 atom stereocenters. The summed E-state index contributed by atoms with van der Waals surface area (Å²) in [6.07, 6.45) is 18.4. The minimum Gasteiger partial charge on any atom is -0.463 e. The van der Waals surface area contributed by atoms with E-state index in [0.717, 1.165) is 37.5 Å². The Balaban J connectivity index is 1.08. The van der Waals surface area contributed by atoms with E-state index in [2.05, 4.69) is 0 Å². The molecule has 5 nitrogen and oxygen atoms in total. The van der Waals surface area contributed by atoms with Crippen LogP contribution in [0.25, 0.3) is 0 Å². The van der Waals surface area contributed by atoms with Crippen molar-refractivity contribution < 1.29 is 23.7 Å². The summed E-state index contributed by atoms with van der Waals surface area (Å²) >= 11 is 0. The third-order valence-corrected chi connectivity index (χ3v) is 7.40. The minimum atomic E-state index is -0.0422. The van der Waals surface area contributed by atoms with E-state index >= 15 is 0 Å². The van der Waals surface area contributed by atoms with Crippen LogP contribution in [0.2, 0.25) is 0 Å². The Hall–Kier alpha value is -0.650. The number of carbonyl (C=O) groups excluding carboxylic acids is 1. The molecule has 0 bridgehead atoms. The van der Waals surface area contributed by atoms with Crippen molar-refractivity contribution in [3.05, 3.63) is 0 Å². The third kappa shape index (κ3) is 8.84. The molecule has 0 aromatic heterocycles. The number of carbonyl (C=O) groups is 1. The van der Waals surface area contributed by atoms with Crippen LogP contribution in [-0.2, 0) is 23.7 Å². The van der Waals surface area contributed by atoms with E-state index in [0.29, 0.717) is 45.7 Å². The first-order chi connectivity index (χ1) is 14.8. The highest BCUT2D eigenvalue weighted by Gasteiger charge is 2.28. The van der Waals surface area contributed by atoms with E-state index in [1.807, 2.05) is 0 Å². The predicted molar refractivity (Wildman–Crippen MR) is 117 cm³/mol. The molecule has 3 aliphatic carbocycles. The van der Waals surface area contributed by atoms with Crippen LogP contribution in [-0.4, -0.2) is 51.7 Å². The van der Waals surface area contributed by atoms with Gasteiger partial charge in [0.1, 0.15) is 6.61 Å². The quantitative estimate of drug-likeness (QED) is 0.314. The summed E-state index contributed by atoms with van der Waals surface area (Å²) in [5, 5.41) is 0. The summed E-state index contributed by atoms with van der Waals surface area (Å²) in [7, 11) is 0. The van der Waals surface area contributed by atoms with Gasteiger partial charge in [0.05, 0.1) is 45.1 Å². The zero-order chi connectivity index (χ0) is 20.9. The summed E-state index contributed by atoms with van der Waals surface area (Å²) in [4.78, 5) is 11.9. The SMILES string of the molecule is O=C(OCCOCCOCCOC1CCC(C2CCCCC2)CC1)C1CCCCC1. The van der Waals surface area contributed by atoms with E-state index in [4.69, 9.17) is 18.9 Å². The van der Waals surface area contributed by atoms with Crippen LogP contribution in [0.5, 0.6) is 0 Å². The molecular weight excluding hydrogens is 380 g/mol. The summed E-state index contributed by atoms with van der Waals surface area (Å²) in [6.45, 7) is 3.20. The largest absolute Gasteiger partial charge is 0.463 e. The number of hydrogen-bond donors (Lipinski definition) is 0. The van der Waals surface area contributed by atoms with Crippen LogP contribution in [0.4, 0.5) is 0 Å². The van der Waals surface area contributed by atoms with Crippen LogP contribution in [0.3, 0.4) is 0 Å². The van der Waals surface area contributed by atoms with Gasteiger partial charge in [0.25, 0.3) is 0 Å². The number of rotatable bonds is 12. The van der Waals surface area contributed by atoms with Gasteiger partial charge in [0.2, 0.25) is 0 Å². The van der Waals surface area contributed by atoms with Gasteiger partial charge in [-0.3, -0.25) is 4.79 Å². The molecule has 0 radical (unpaired) electrons. The highest BCUT2D eigenvalue weighted by Crippen LogP contribution is 2.38. The monoisotopic (exact) mass is 424 g/mol. The maximum atomic E-state index is 11.9. The maximum Gasteiger partial charge on any atom is 0.309 e. The highest BCUT2D eigenvalue weighted by atomic mass is 16.6. The smallest absolute Gasteiger partial charge is 0.309 e. The van der Waals surface area contributed by atoms with Crippen molar-refractivity contribution in [3.63, 3.8) is 0 Å². The molecule has 0 unspecified atom stereocenters. The van der Waals surface area contributed by atoms with Gasteiger partial charge in [0.15, 0.2) is 0 Å². The zero-order valence-electron chi connectivity index (χ0n) is 19.0. The Morgan fingerprint density at radius 3 is 1.77 bits per heavy atom. The second-order valence-corrected chi connectivity index (χ2v) is 9.53. The first kappa shape index (κ1) is 24.0. The van der Waals surface area contributed by atoms with Crippen molar-refractivity contribution in [1.29, 1.82) is 0 Å². The number of esters is 1. The standard InChI is InChI=1S/C25H44O5/c26-25(23-9-5-2-6-10-23)30-20-18-28-16-15-27-17-19-29-24-13-11-22(12-14-24)21-7-3-1-4-8-21/h21-24H,1-20H2. The molecule has 0 N–H and O–H groups in total. The average Bonchev–Trinajstić information content (AvgIpc) is 2.81. The van der Waals surface area contributed by atoms with Crippen molar-refractivity contribution in [2.75, 3.05) is 39.6 Å². The van der Waals surface area contributed by atoms with Crippen molar-refractivity contribution in [2.45, 2.75) is 96.0 Å². The summed E-state index contributed by atoms with van der Waals surface area (Å²) in [6, 6.07) is 0. The average molecular weight is 425 g/mol. The van der Waals surface area contributed by atoms with Crippen molar-refractivity contribution >= 4 is 5.97 Å². The van der Waals surface area contributed by atoms with Gasteiger partial charge < -0.3 is 18.9 Å². The van der Waals surface area contributed by atoms with E-state index in [-0.39, 0.29) is 11.9 Å². The van der Waals surface area contributed by atoms with Crippen LogP contribution in [0.15, 0.2) is 0 Å². The lowest BCUT2D eigenvalue weighted by molar-refractivity contribution is -0.151. The zero-order valence-corrected chi connectivity index (χ0v) is 19.0. The lowest BCUT2D eigenvalue weighted by atomic mass is 9.73. The Morgan fingerprint density at radius 2 is 1.10 bits per heavy atom. The molecule has 174 valence electrons. The molecule has 0 amide bonds. The second kappa shape index (κ2) is 14.4. The van der Waals surface area contributed by atoms with Crippen LogP contribution in [0, 0.1) is 17.8 Å². The van der Waals surface area contributed by atoms with E-state index in [9.17, 15) is 4.79 Å². The third-order valence-electron chi connectivity index (χ3n) is 7.40. The molecule has 30 heavy (non-hydrogen) atoms. The molecule has 0 aromatic carbocycles. The first-order valence-corrected chi connectivity index (χ1v) is 12.8. The molecular formula is C25H44O5. The Kier molecular flexibility index (Phi) is 11.5. The van der Waals surface area contributed by atoms with Crippen molar-refractivity contribution in [2.24, 2.45) is 17.8 Å². The van der Waals surface area contributed by atoms with Gasteiger partial charge in [-0.05, 0) is 50.4 Å².